The number of benzene rings is 2. The molecule has 0 aliphatic carbocycles. The number of halogens is 2. The Morgan fingerprint density at radius 2 is 1.52 bits per heavy atom. The van der Waals surface area contributed by atoms with Crippen LogP contribution >= 0.6 is 23.2 Å². The van der Waals surface area contributed by atoms with E-state index in [2.05, 4.69) is 0 Å². The Labute approximate surface area is 130 Å². The topological polar surface area (TPSA) is 74.6 Å². The first-order valence-corrected chi connectivity index (χ1v) is 6.63. The minimum absolute atomic E-state index is 0.0452. The lowest BCUT2D eigenvalue weighted by atomic mass is 9.94. The molecule has 0 amide bonds. The van der Waals surface area contributed by atoms with E-state index in [9.17, 15) is 14.7 Å². The van der Waals surface area contributed by atoms with Gasteiger partial charge in [-0.05, 0) is 47.9 Å². The van der Waals surface area contributed by atoms with Gasteiger partial charge in [0.05, 0.1) is 21.2 Å². The van der Waals surface area contributed by atoms with Crippen molar-refractivity contribution in [3.63, 3.8) is 0 Å². The lowest BCUT2D eigenvalue weighted by molar-refractivity contribution is 0.0695. The Balaban J connectivity index is 2.72. The van der Waals surface area contributed by atoms with Crippen LogP contribution in [-0.4, -0.2) is 22.2 Å². The summed E-state index contributed by atoms with van der Waals surface area (Å²) in [4.78, 5) is 22.5. The maximum Gasteiger partial charge on any atom is 0.336 e. The smallest absolute Gasteiger partial charge is 0.336 e. The molecule has 2 aromatic rings. The first-order valence-electron chi connectivity index (χ1n) is 5.88. The molecular weight excluding hydrogens is 315 g/mol. The molecule has 0 fully saturated rings. The second kappa shape index (κ2) is 5.76. The monoisotopic (exact) mass is 324 g/mol. The van der Waals surface area contributed by atoms with E-state index in [-0.39, 0.29) is 11.1 Å². The lowest BCUT2D eigenvalue weighted by Gasteiger charge is -2.11. The molecule has 0 aliphatic rings. The third kappa shape index (κ3) is 3.01. The number of aromatic carboxylic acids is 2. The van der Waals surface area contributed by atoms with Crippen molar-refractivity contribution >= 4 is 35.1 Å². The average Bonchev–Trinajstić information content (AvgIpc) is 2.40. The van der Waals surface area contributed by atoms with E-state index in [0.717, 1.165) is 6.07 Å². The molecule has 6 heteroatoms. The zero-order valence-corrected chi connectivity index (χ0v) is 12.4. The van der Waals surface area contributed by atoms with E-state index in [0.29, 0.717) is 26.7 Å². The molecule has 2 aromatic carbocycles. The number of aryl methyl sites for hydroxylation is 1. The molecule has 0 saturated heterocycles. The van der Waals surface area contributed by atoms with E-state index in [4.69, 9.17) is 28.3 Å². The fourth-order valence-electron chi connectivity index (χ4n) is 2.02. The summed E-state index contributed by atoms with van der Waals surface area (Å²) in [7, 11) is 0. The number of rotatable bonds is 3. The molecule has 4 nitrogen and oxygen atoms in total. The van der Waals surface area contributed by atoms with Crippen LogP contribution in [0.2, 0.25) is 10.0 Å². The van der Waals surface area contributed by atoms with Crippen molar-refractivity contribution in [2.45, 2.75) is 6.92 Å². The van der Waals surface area contributed by atoms with Crippen molar-refractivity contribution in [1.29, 1.82) is 0 Å². The number of hydrogen-bond acceptors (Lipinski definition) is 2. The quantitative estimate of drug-likeness (QED) is 0.879. The Kier molecular flexibility index (Phi) is 4.21. The molecule has 0 spiro atoms. The highest BCUT2D eigenvalue weighted by Gasteiger charge is 2.18. The van der Waals surface area contributed by atoms with Gasteiger partial charge in [0.2, 0.25) is 0 Å². The van der Waals surface area contributed by atoms with Gasteiger partial charge in [0, 0.05) is 0 Å². The van der Waals surface area contributed by atoms with Crippen molar-refractivity contribution in [2.24, 2.45) is 0 Å². The first-order chi connectivity index (χ1) is 9.81. The van der Waals surface area contributed by atoms with E-state index in [1.54, 1.807) is 25.1 Å². The molecule has 0 saturated carbocycles. The van der Waals surface area contributed by atoms with E-state index in [1.807, 2.05) is 0 Å². The van der Waals surface area contributed by atoms with E-state index in [1.165, 1.54) is 6.07 Å². The van der Waals surface area contributed by atoms with Crippen molar-refractivity contribution in [1.82, 2.24) is 0 Å². The summed E-state index contributed by atoms with van der Waals surface area (Å²) in [5, 5.41) is 19.0. The van der Waals surface area contributed by atoms with Gasteiger partial charge in [0.1, 0.15) is 0 Å². The Bertz CT molecular complexity index is 754. The Hall–Kier alpha value is -2.04. The zero-order valence-electron chi connectivity index (χ0n) is 10.9. The maximum absolute atomic E-state index is 11.4. The number of carbonyl (C=O) groups is 2. The zero-order chi connectivity index (χ0) is 15.7. The van der Waals surface area contributed by atoms with Crippen LogP contribution in [0.25, 0.3) is 11.1 Å². The highest BCUT2D eigenvalue weighted by Crippen LogP contribution is 2.32. The van der Waals surface area contributed by atoms with Gasteiger partial charge in [0.15, 0.2) is 0 Å². The second-order valence-electron chi connectivity index (χ2n) is 4.45. The van der Waals surface area contributed by atoms with E-state index < -0.39 is 11.9 Å². The first kappa shape index (κ1) is 15.4. The Morgan fingerprint density at radius 1 is 0.905 bits per heavy atom. The number of hydrogen-bond donors (Lipinski definition) is 2. The SMILES string of the molecule is Cc1cc(-c2ccc(Cl)c(Cl)c2)c(C(=O)O)cc1C(=O)O. The molecule has 0 radical (unpaired) electrons. The largest absolute Gasteiger partial charge is 0.478 e. The van der Waals surface area contributed by atoms with Crippen molar-refractivity contribution in [3.05, 3.63) is 57.1 Å². The molecule has 0 atom stereocenters. The molecule has 21 heavy (non-hydrogen) atoms. The molecule has 108 valence electrons. The standard InChI is InChI=1S/C15H10Cl2O4/c1-7-4-10(8-2-3-12(16)13(17)5-8)11(15(20)21)6-9(7)14(18)19/h2-6H,1H3,(H,18,19)(H,20,21). The summed E-state index contributed by atoms with van der Waals surface area (Å²) < 4.78 is 0. The van der Waals surface area contributed by atoms with E-state index >= 15 is 0 Å². The summed E-state index contributed by atoms with van der Waals surface area (Å²) in [5.41, 5.74) is 1.27. The molecule has 0 unspecified atom stereocenters. The maximum atomic E-state index is 11.4. The van der Waals surface area contributed by atoms with Crippen LogP contribution in [0, 0.1) is 6.92 Å². The van der Waals surface area contributed by atoms with Crippen LogP contribution in [0.1, 0.15) is 26.3 Å². The van der Waals surface area contributed by atoms with Crippen LogP contribution in [0.5, 0.6) is 0 Å². The van der Waals surface area contributed by atoms with Crippen molar-refractivity contribution in [3.8, 4) is 11.1 Å². The molecule has 2 N–H and O–H groups in total. The third-order valence-corrected chi connectivity index (χ3v) is 3.79. The van der Waals surface area contributed by atoms with Crippen molar-refractivity contribution in [2.75, 3.05) is 0 Å². The second-order valence-corrected chi connectivity index (χ2v) is 5.27. The minimum atomic E-state index is -1.21. The average molecular weight is 325 g/mol. The van der Waals surface area contributed by atoms with Crippen LogP contribution in [0.15, 0.2) is 30.3 Å². The van der Waals surface area contributed by atoms with Crippen LogP contribution in [0.3, 0.4) is 0 Å². The number of carboxylic acid groups (broad SMARTS) is 2. The van der Waals surface area contributed by atoms with Gasteiger partial charge < -0.3 is 10.2 Å². The van der Waals surface area contributed by atoms with Crippen LogP contribution < -0.4 is 0 Å². The third-order valence-electron chi connectivity index (χ3n) is 3.06. The highest BCUT2D eigenvalue weighted by molar-refractivity contribution is 6.42. The van der Waals surface area contributed by atoms with Gasteiger partial charge in [-0.15, -0.1) is 0 Å². The minimum Gasteiger partial charge on any atom is -0.478 e. The van der Waals surface area contributed by atoms with Gasteiger partial charge in [-0.2, -0.15) is 0 Å². The summed E-state index contributed by atoms with van der Waals surface area (Å²) >= 11 is 11.8. The fraction of sp³-hybridized carbons (Fsp3) is 0.0667. The van der Waals surface area contributed by atoms with Gasteiger partial charge >= 0.3 is 11.9 Å². The fourth-order valence-corrected chi connectivity index (χ4v) is 2.32. The van der Waals surface area contributed by atoms with Gasteiger partial charge in [0.25, 0.3) is 0 Å². The highest BCUT2D eigenvalue weighted by atomic mass is 35.5. The van der Waals surface area contributed by atoms with Crippen LogP contribution in [0.4, 0.5) is 0 Å². The van der Waals surface area contributed by atoms with Gasteiger partial charge in [-0.3, -0.25) is 0 Å². The van der Waals surface area contributed by atoms with Crippen LogP contribution in [-0.2, 0) is 0 Å². The molecule has 0 aliphatic heterocycles. The summed E-state index contributed by atoms with van der Waals surface area (Å²) in [5.74, 6) is -2.38. The number of carboxylic acids is 2. The summed E-state index contributed by atoms with van der Waals surface area (Å²) in [6.07, 6.45) is 0. The van der Waals surface area contributed by atoms with Crippen molar-refractivity contribution < 1.29 is 19.8 Å². The lowest BCUT2D eigenvalue weighted by Crippen LogP contribution is -2.06. The Morgan fingerprint density at radius 3 is 2.05 bits per heavy atom. The molecular formula is C15H10Cl2O4. The molecule has 0 heterocycles. The predicted molar refractivity (Wildman–Crippen MR) is 80.6 cm³/mol. The predicted octanol–water partition coefficient (Wildman–Crippen LogP) is 4.37. The van der Waals surface area contributed by atoms with Gasteiger partial charge in [-0.25, -0.2) is 9.59 Å². The summed E-state index contributed by atoms with van der Waals surface area (Å²) in [6.45, 7) is 1.61. The van der Waals surface area contributed by atoms with Gasteiger partial charge in [-0.1, -0.05) is 29.3 Å². The molecule has 0 bridgehead atoms. The molecule has 0 aromatic heterocycles. The summed E-state index contributed by atoms with van der Waals surface area (Å²) in [6, 6.07) is 7.41. The molecule has 2 rings (SSSR count). The normalized spacial score (nSPS) is 10.4.